The lowest BCUT2D eigenvalue weighted by Crippen LogP contribution is -2.53. The average Bonchev–Trinajstić information content (AvgIpc) is 3.19. The fourth-order valence-corrected chi connectivity index (χ4v) is 4.68. The van der Waals surface area contributed by atoms with Crippen molar-refractivity contribution >= 4 is 17.5 Å². The fourth-order valence-electron chi connectivity index (χ4n) is 4.68. The molecule has 3 saturated heterocycles. The highest BCUT2D eigenvalue weighted by molar-refractivity contribution is 5.77. The van der Waals surface area contributed by atoms with Gasteiger partial charge < -0.3 is 19.4 Å². The minimum Gasteiger partial charge on any atom is -0.376 e. The summed E-state index contributed by atoms with van der Waals surface area (Å²) in [5.74, 6) is 2.25. The second kappa shape index (κ2) is 7.62. The monoisotopic (exact) mass is 373 g/mol. The summed E-state index contributed by atoms with van der Waals surface area (Å²) in [6, 6.07) is 2.06. The van der Waals surface area contributed by atoms with Crippen molar-refractivity contribution in [3.8, 4) is 0 Å². The van der Waals surface area contributed by atoms with Crippen LogP contribution >= 0.6 is 0 Å². The Morgan fingerprint density at radius 3 is 2.78 bits per heavy atom. The molecule has 0 N–H and O–H groups in total. The molecule has 1 aromatic rings. The molecule has 148 valence electrons. The lowest BCUT2D eigenvalue weighted by Gasteiger charge is -2.48. The normalized spacial score (nSPS) is 25.3. The summed E-state index contributed by atoms with van der Waals surface area (Å²) < 4.78 is 5.76. The predicted octanol–water partition coefficient (Wildman–Crippen LogP) is 1.93. The third-order valence-corrected chi connectivity index (χ3v) is 6.44. The van der Waals surface area contributed by atoms with E-state index in [1.54, 1.807) is 6.33 Å². The zero-order valence-electron chi connectivity index (χ0n) is 16.6. The molecule has 0 radical (unpaired) electrons. The number of carbonyl (C=O) groups is 1. The highest BCUT2D eigenvalue weighted by Crippen LogP contribution is 2.41. The topological polar surface area (TPSA) is 61.8 Å². The molecule has 0 aliphatic carbocycles. The first-order chi connectivity index (χ1) is 13.0. The molecule has 1 amide bonds. The molecular weight excluding hydrogens is 342 g/mol. The number of aromatic nitrogens is 2. The second-order valence-corrected chi connectivity index (χ2v) is 8.53. The Kier molecular flexibility index (Phi) is 5.21. The van der Waals surface area contributed by atoms with E-state index in [-0.39, 0.29) is 11.5 Å². The Morgan fingerprint density at radius 1 is 1.26 bits per heavy atom. The van der Waals surface area contributed by atoms with Crippen LogP contribution in [0.3, 0.4) is 0 Å². The first-order valence-corrected chi connectivity index (χ1v) is 10.2. The molecule has 1 spiro atoms. The number of carbonyl (C=O) groups excluding carboxylic acids is 1. The van der Waals surface area contributed by atoms with E-state index in [9.17, 15) is 4.79 Å². The van der Waals surface area contributed by atoms with Gasteiger partial charge in [0.2, 0.25) is 5.91 Å². The molecule has 7 nitrogen and oxygen atoms in total. The van der Waals surface area contributed by atoms with Crippen LogP contribution in [0.2, 0.25) is 0 Å². The van der Waals surface area contributed by atoms with Crippen LogP contribution in [0.4, 0.5) is 11.6 Å². The smallest absolute Gasteiger partial charge is 0.222 e. The van der Waals surface area contributed by atoms with Crippen molar-refractivity contribution in [1.29, 1.82) is 0 Å². The van der Waals surface area contributed by atoms with Crippen molar-refractivity contribution < 1.29 is 9.53 Å². The summed E-state index contributed by atoms with van der Waals surface area (Å²) >= 11 is 0. The maximum atomic E-state index is 12.4. The van der Waals surface area contributed by atoms with Gasteiger partial charge in [-0.2, -0.15) is 0 Å². The Hall–Kier alpha value is -1.89. The Morgan fingerprint density at radius 2 is 2.07 bits per heavy atom. The van der Waals surface area contributed by atoms with E-state index < -0.39 is 0 Å². The zero-order chi connectivity index (χ0) is 18.9. The third-order valence-electron chi connectivity index (χ3n) is 6.44. The molecule has 7 heteroatoms. The maximum Gasteiger partial charge on any atom is 0.222 e. The lowest BCUT2D eigenvalue weighted by atomic mass is 9.72. The first-order valence-electron chi connectivity index (χ1n) is 10.2. The number of rotatable bonds is 4. The number of anilines is 2. The maximum absolute atomic E-state index is 12.4. The van der Waals surface area contributed by atoms with Gasteiger partial charge in [-0.3, -0.25) is 4.79 Å². The minimum atomic E-state index is 0.245. The van der Waals surface area contributed by atoms with Crippen molar-refractivity contribution in [3.05, 3.63) is 12.4 Å². The van der Waals surface area contributed by atoms with Crippen molar-refractivity contribution in [1.82, 2.24) is 14.9 Å². The van der Waals surface area contributed by atoms with Gasteiger partial charge in [0.05, 0.1) is 6.10 Å². The minimum absolute atomic E-state index is 0.245. The van der Waals surface area contributed by atoms with Crippen LogP contribution in [0, 0.1) is 5.41 Å². The zero-order valence-corrected chi connectivity index (χ0v) is 16.6. The fraction of sp³-hybridized carbons (Fsp3) is 0.750. The van der Waals surface area contributed by atoms with Crippen LogP contribution in [-0.2, 0) is 9.53 Å². The van der Waals surface area contributed by atoms with Crippen LogP contribution in [0.5, 0.6) is 0 Å². The summed E-state index contributed by atoms with van der Waals surface area (Å²) in [5, 5.41) is 0. The Bertz CT molecular complexity index is 666. The molecule has 0 aromatic carbocycles. The number of nitrogens with zero attached hydrogens (tertiary/aromatic N) is 5. The summed E-state index contributed by atoms with van der Waals surface area (Å²) in [7, 11) is 4.00. The molecule has 27 heavy (non-hydrogen) atoms. The van der Waals surface area contributed by atoms with Gasteiger partial charge in [0, 0.05) is 59.4 Å². The Balaban J connectivity index is 1.38. The molecule has 3 aliphatic heterocycles. The molecule has 0 saturated carbocycles. The van der Waals surface area contributed by atoms with E-state index in [4.69, 9.17) is 4.74 Å². The van der Waals surface area contributed by atoms with E-state index in [1.807, 2.05) is 19.0 Å². The van der Waals surface area contributed by atoms with Gasteiger partial charge in [0.25, 0.3) is 0 Å². The largest absolute Gasteiger partial charge is 0.376 e. The molecule has 4 heterocycles. The van der Waals surface area contributed by atoms with E-state index in [0.717, 1.165) is 76.5 Å². The van der Waals surface area contributed by atoms with Crippen molar-refractivity contribution in [2.75, 3.05) is 56.7 Å². The van der Waals surface area contributed by atoms with Crippen LogP contribution in [0.15, 0.2) is 12.4 Å². The third kappa shape index (κ3) is 4.03. The molecule has 3 aliphatic rings. The summed E-state index contributed by atoms with van der Waals surface area (Å²) in [6.07, 6.45) is 8.05. The van der Waals surface area contributed by atoms with Gasteiger partial charge in [-0.05, 0) is 37.5 Å². The van der Waals surface area contributed by atoms with Crippen molar-refractivity contribution in [2.24, 2.45) is 5.41 Å². The number of ether oxygens (including phenoxy) is 1. The van der Waals surface area contributed by atoms with Gasteiger partial charge in [0.15, 0.2) is 0 Å². The number of piperidine rings is 2. The van der Waals surface area contributed by atoms with E-state index in [0.29, 0.717) is 12.3 Å². The molecule has 0 bridgehead atoms. The molecular formula is C20H31N5O2. The van der Waals surface area contributed by atoms with E-state index in [1.165, 1.54) is 0 Å². The van der Waals surface area contributed by atoms with Gasteiger partial charge in [-0.25, -0.2) is 9.97 Å². The van der Waals surface area contributed by atoms with Gasteiger partial charge in [-0.1, -0.05) is 0 Å². The molecule has 3 fully saturated rings. The number of hydrogen-bond donors (Lipinski definition) is 0. The van der Waals surface area contributed by atoms with Gasteiger partial charge in [-0.15, -0.1) is 0 Å². The first kappa shape index (κ1) is 18.5. The van der Waals surface area contributed by atoms with Crippen LogP contribution < -0.4 is 9.80 Å². The predicted molar refractivity (Wildman–Crippen MR) is 105 cm³/mol. The van der Waals surface area contributed by atoms with Crippen molar-refractivity contribution in [2.45, 2.75) is 44.6 Å². The highest BCUT2D eigenvalue weighted by Gasteiger charge is 2.41. The van der Waals surface area contributed by atoms with Gasteiger partial charge in [0.1, 0.15) is 18.0 Å². The Labute approximate surface area is 161 Å². The second-order valence-electron chi connectivity index (χ2n) is 8.53. The highest BCUT2D eigenvalue weighted by atomic mass is 16.5. The quantitative estimate of drug-likeness (QED) is 0.804. The van der Waals surface area contributed by atoms with Crippen LogP contribution in [-0.4, -0.2) is 73.8 Å². The van der Waals surface area contributed by atoms with Gasteiger partial charge >= 0.3 is 0 Å². The van der Waals surface area contributed by atoms with E-state index in [2.05, 4.69) is 25.8 Å². The molecule has 1 aromatic heterocycles. The molecule has 4 rings (SSSR count). The summed E-state index contributed by atoms with van der Waals surface area (Å²) in [6.45, 7) is 4.51. The molecule has 1 atom stereocenters. The van der Waals surface area contributed by atoms with Crippen molar-refractivity contribution in [3.63, 3.8) is 0 Å². The van der Waals surface area contributed by atoms with Crippen LogP contribution in [0.1, 0.15) is 38.5 Å². The molecule has 1 unspecified atom stereocenters. The average molecular weight is 374 g/mol. The van der Waals surface area contributed by atoms with Crippen LogP contribution in [0.25, 0.3) is 0 Å². The number of amides is 1. The number of hydrogen-bond acceptors (Lipinski definition) is 6. The van der Waals surface area contributed by atoms with E-state index >= 15 is 0 Å². The SMILES string of the molecule is CN(C)c1cc(N2CCC3(CCC(=O)N(CC4CCCO4)C3)CC2)ncn1. The standard InChI is InChI=1S/C20H31N5O2/c1-23(2)17-12-18(22-15-21-17)24-9-7-20(8-10-24)6-5-19(26)25(14-20)13-16-4-3-11-27-16/h12,15-16H,3-11,13-14H2,1-2H3. The summed E-state index contributed by atoms with van der Waals surface area (Å²) in [4.78, 5) is 27.7. The lowest BCUT2D eigenvalue weighted by molar-refractivity contribution is -0.140. The summed E-state index contributed by atoms with van der Waals surface area (Å²) in [5.41, 5.74) is 0.264. The number of likely N-dealkylation sites (tertiary alicyclic amines) is 1.